The molecule has 5 heteroatoms. The fourth-order valence-electron chi connectivity index (χ4n) is 1.83. The maximum Gasteiger partial charge on any atom is 0.240 e. The van der Waals surface area contributed by atoms with Crippen molar-refractivity contribution in [2.75, 3.05) is 13.1 Å². The molecule has 1 aromatic rings. The van der Waals surface area contributed by atoms with E-state index in [1.165, 1.54) is 0 Å². The SMILES string of the molecule is CCNCc1cc(S(=O)(=O)NCCC(C)C)ccc1C. The molecule has 0 aliphatic heterocycles. The lowest BCUT2D eigenvalue weighted by Gasteiger charge is -2.11. The van der Waals surface area contributed by atoms with Crippen molar-refractivity contribution in [2.24, 2.45) is 5.92 Å². The molecule has 0 heterocycles. The van der Waals surface area contributed by atoms with E-state index in [4.69, 9.17) is 0 Å². The van der Waals surface area contributed by atoms with Crippen LogP contribution in [0.5, 0.6) is 0 Å². The van der Waals surface area contributed by atoms with E-state index >= 15 is 0 Å². The molecule has 0 bridgehead atoms. The Morgan fingerprint density at radius 2 is 1.95 bits per heavy atom. The number of hydrogen-bond donors (Lipinski definition) is 2. The molecule has 0 atom stereocenters. The summed E-state index contributed by atoms with van der Waals surface area (Å²) >= 11 is 0. The molecule has 0 amide bonds. The van der Waals surface area contributed by atoms with Crippen molar-refractivity contribution in [3.63, 3.8) is 0 Å². The van der Waals surface area contributed by atoms with E-state index in [9.17, 15) is 8.42 Å². The van der Waals surface area contributed by atoms with Crippen LogP contribution >= 0.6 is 0 Å². The molecule has 0 saturated heterocycles. The molecule has 114 valence electrons. The van der Waals surface area contributed by atoms with Gasteiger partial charge in [-0.3, -0.25) is 0 Å². The van der Waals surface area contributed by atoms with Crippen molar-refractivity contribution in [1.29, 1.82) is 0 Å². The standard InChI is InChI=1S/C15H26N2O2S/c1-5-16-11-14-10-15(7-6-13(14)4)20(18,19)17-9-8-12(2)3/h6-7,10,12,16-17H,5,8-9,11H2,1-4H3. The van der Waals surface area contributed by atoms with Crippen molar-refractivity contribution < 1.29 is 8.42 Å². The molecule has 0 radical (unpaired) electrons. The summed E-state index contributed by atoms with van der Waals surface area (Å²) in [7, 11) is -3.40. The molecule has 0 fully saturated rings. The van der Waals surface area contributed by atoms with Gasteiger partial charge < -0.3 is 5.32 Å². The molecule has 4 nitrogen and oxygen atoms in total. The molecular weight excluding hydrogens is 272 g/mol. The smallest absolute Gasteiger partial charge is 0.240 e. The Bertz CT molecular complexity index is 525. The van der Waals surface area contributed by atoms with Crippen LogP contribution in [0.2, 0.25) is 0 Å². The molecule has 2 N–H and O–H groups in total. The minimum atomic E-state index is -3.40. The molecule has 0 spiro atoms. The fraction of sp³-hybridized carbons (Fsp3) is 0.600. The summed E-state index contributed by atoms with van der Waals surface area (Å²) in [6, 6.07) is 5.29. The van der Waals surface area contributed by atoms with Gasteiger partial charge in [-0.05, 0) is 49.1 Å². The molecule has 0 aliphatic rings. The lowest BCUT2D eigenvalue weighted by atomic mass is 10.1. The van der Waals surface area contributed by atoms with Crippen molar-refractivity contribution >= 4 is 10.0 Å². The first-order valence-electron chi connectivity index (χ1n) is 7.16. The Hall–Kier alpha value is -0.910. The van der Waals surface area contributed by atoms with Gasteiger partial charge in [0, 0.05) is 13.1 Å². The second-order valence-electron chi connectivity index (χ2n) is 5.45. The number of nitrogens with one attached hydrogen (secondary N) is 2. The lowest BCUT2D eigenvalue weighted by Crippen LogP contribution is -2.26. The summed E-state index contributed by atoms with van der Waals surface area (Å²) in [5.74, 6) is 0.486. The van der Waals surface area contributed by atoms with Crippen molar-refractivity contribution in [3.05, 3.63) is 29.3 Å². The van der Waals surface area contributed by atoms with Crippen LogP contribution in [-0.4, -0.2) is 21.5 Å². The van der Waals surface area contributed by atoms with E-state index < -0.39 is 10.0 Å². The van der Waals surface area contributed by atoms with Crippen LogP contribution in [0, 0.1) is 12.8 Å². The van der Waals surface area contributed by atoms with Crippen molar-refractivity contribution in [2.45, 2.75) is 45.6 Å². The first-order chi connectivity index (χ1) is 9.36. The molecule has 0 aliphatic carbocycles. The maximum absolute atomic E-state index is 12.2. The van der Waals surface area contributed by atoms with Crippen LogP contribution in [0.1, 0.15) is 38.3 Å². The number of benzene rings is 1. The quantitative estimate of drug-likeness (QED) is 0.775. The first kappa shape index (κ1) is 17.1. The van der Waals surface area contributed by atoms with Gasteiger partial charge in [0.2, 0.25) is 10.0 Å². The monoisotopic (exact) mass is 298 g/mol. The van der Waals surface area contributed by atoms with Crippen LogP contribution < -0.4 is 10.0 Å². The Kier molecular flexibility index (Phi) is 6.65. The van der Waals surface area contributed by atoms with Crippen LogP contribution in [0.15, 0.2) is 23.1 Å². The summed E-state index contributed by atoms with van der Waals surface area (Å²) in [6.07, 6.45) is 0.843. The average Bonchev–Trinajstić information content (AvgIpc) is 2.36. The minimum absolute atomic E-state index is 0.347. The van der Waals surface area contributed by atoms with Crippen LogP contribution in [0.4, 0.5) is 0 Å². The molecule has 20 heavy (non-hydrogen) atoms. The summed E-state index contributed by atoms with van der Waals surface area (Å²) in [6.45, 7) is 10.2. The highest BCUT2D eigenvalue weighted by Crippen LogP contribution is 2.15. The number of sulfonamides is 1. The molecule has 1 aromatic carbocycles. The Balaban J connectivity index is 2.83. The predicted octanol–water partition coefficient (Wildman–Crippen LogP) is 2.43. The first-order valence-corrected chi connectivity index (χ1v) is 8.65. The third kappa shape index (κ3) is 5.23. The summed E-state index contributed by atoms with van der Waals surface area (Å²) in [5, 5.41) is 3.23. The molecule has 0 unspecified atom stereocenters. The summed E-state index contributed by atoms with van der Waals surface area (Å²) < 4.78 is 27.1. The van der Waals surface area contributed by atoms with Crippen molar-refractivity contribution in [1.82, 2.24) is 10.0 Å². The van der Waals surface area contributed by atoms with Crippen molar-refractivity contribution in [3.8, 4) is 0 Å². The minimum Gasteiger partial charge on any atom is -0.313 e. The Morgan fingerprint density at radius 1 is 1.25 bits per heavy atom. The largest absolute Gasteiger partial charge is 0.313 e. The van der Waals surface area contributed by atoms with Gasteiger partial charge in [-0.2, -0.15) is 0 Å². The highest BCUT2D eigenvalue weighted by Gasteiger charge is 2.14. The number of aryl methyl sites for hydroxylation is 1. The second kappa shape index (κ2) is 7.76. The van der Waals surface area contributed by atoms with Gasteiger partial charge in [0.25, 0.3) is 0 Å². The van der Waals surface area contributed by atoms with E-state index in [-0.39, 0.29) is 0 Å². The summed E-state index contributed by atoms with van der Waals surface area (Å²) in [5.41, 5.74) is 2.13. The third-order valence-corrected chi connectivity index (χ3v) is 4.67. The highest BCUT2D eigenvalue weighted by atomic mass is 32.2. The zero-order chi connectivity index (χ0) is 15.2. The van der Waals surface area contributed by atoms with Crippen LogP contribution in [0.25, 0.3) is 0 Å². The number of hydrogen-bond acceptors (Lipinski definition) is 3. The van der Waals surface area contributed by atoms with Gasteiger partial charge in [-0.25, -0.2) is 13.1 Å². The van der Waals surface area contributed by atoms with Crippen LogP contribution in [0.3, 0.4) is 0 Å². The lowest BCUT2D eigenvalue weighted by molar-refractivity contribution is 0.551. The molecule has 0 aromatic heterocycles. The van der Waals surface area contributed by atoms with Gasteiger partial charge in [-0.15, -0.1) is 0 Å². The Morgan fingerprint density at radius 3 is 2.55 bits per heavy atom. The van der Waals surface area contributed by atoms with Gasteiger partial charge >= 0.3 is 0 Å². The topological polar surface area (TPSA) is 58.2 Å². The summed E-state index contributed by atoms with van der Waals surface area (Å²) in [4.78, 5) is 0.347. The normalized spacial score (nSPS) is 12.1. The van der Waals surface area contributed by atoms with E-state index in [1.807, 2.05) is 19.9 Å². The van der Waals surface area contributed by atoms with Gasteiger partial charge in [-0.1, -0.05) is 26.8 Å². The molecule has 1 rings (SSSR count). The van der Waals surface area contributed by atoms with E-state index in [2.05, 4.69) is 23.9 Å². The zero-order valence-electron chi connectivity index (χ0n) is 12.9. The van der Waals surface area contributed by atoms with Crippen LogP contribution in [-0.2, 0) is 16.6 Å². The van der Waals surface area contributed by atoms with Gasteiger partial charge in [0.05, 0.1) is 4.90 Å². The van der Waals surface area contributed by atoms with Gasteiger partial charge in [0.1, 0.15) is 0 Å². The maximum atomic E-state index is 12.2. The fourth-order valence-corrected chi connectivity index (χ4v) is 2.93. The van der Waals surface area contributed by atoms with E-state index in [0.29, 0.717) is 23.9 Å². The predicted molar refractivity (Wildman–Crippen MR) is 83.2 cm³/mol. The Labute approximate surface area is 123 Å². The third-order valence-electron chi connectivity index (χ3n) is 3.21. The number of rotatable bonds is 8. The average molecular weight is 298 g/mol. The highest BCUT2D eigenvalue weighted by molar-refractivity contribution is 7.89. The van der Waals surface area contributed by atoms with E-state index in [0.717, 1.165) is 24.1 Å². The molecule has 0 saturated carbocycles. The zero-order valence-corrected chi connectivity index (χ0v) is 13.7. The second-order valence-corrected chi connectivity index (χ2v) is 7.22. The van der Waals surface area contributed by atoms with Gasteiger partial charge in [0.15, 0.2) is 0 Å². The molecular formula is C15H26N2O2S. The van der Waals surface area contributed by atoms with E-state index in [1.54, 1.807) is 12.1 Å².